The van der Waals surface area contributed by atoms with Gasteiger partial charge >= 0.3 is 0 Å². The Morgan fingerprint density at radius 1 is 0.895 bits per heavy atom. The van der Waals surface area contributed by atoms with Crippen molar-refractivity contribution in [2.75, 3.05) is 33.7 Å². The van der Waals surface area contributed by atoms with Crippen molar-refractivity contribution < 1.29 is 0 Å². The highest BCUT2D eigenvalue weighted by atomic mass is 15.1. The highest BCUT2D eigenvalue weighted by Gasteiger charge is 2.03. The van der Waals surface area contributed by atoms with Crippen LogP contribution in [0.1, 0.15) is 31.9 Å². The Morgan fingerprint density at radius 3 is 1.79 bits per heavy atom. The normalized spacial score (nSPS) is 11.8. The van der Waals surface area contributed by atoms with E-state index >= 15 is 0 Å². The second-order valence-electron chi connectivity index (χ2n) is 5.79. The maximum absolute atomic E-state index is 2.39. The van der Waals surface area contributed by atoms with E-state index < -0.39 is 0 Å². The molecule has 0 spiro atoms. The van der Waals surface area contributed by atoms with Gasteiger partial charge in [0, 0.05) is 19.1 Å². The summed E-state index contributed by atoms with van der Waals surface area (Å²) in [5, 5.41) is 0. The van der Waals surface area contributed by atoms with Crippen LogP contribution in [0.4, 0.5) is 0 Å². The van der Waals surface area contributed by atoms with Gasteiger partial charge in [0.2, 0.25) is 0 Å². The van der Waals surface area contributed by atoms with E-state index in [4.69, 9.17) is 0 Å². The molecule has 0 radical (unpaired) electrons. The van der Waals surface area contributed by atoms with Gasteiger partial charge in [0.05, 0.1) is 0 Å². The summed E-state index contributed by atoms with van der Waals surface area (Å²) in [5.41, 5.74) is 2.89. The fourth-order valence-corrected chi connectivity index (χ4v) is 1.91. The average molecular weight is 262 g/mol. The zero-order valence-corrected chi connectivity index (χ0v) is 13.3. The molecule has 19 heavy (non-hydrogen) atoms. The quantitative estimate of drug-likeness (QED) is 0.710. The highest BCUT2D eigenvalue weighted by molar-refractivity contribution is 5.23. The second kappa shape index (κ2) is 8.34. The minimum absolute atomic E-state index is 0.629. The number of likely N-dealkylation sites (N-methyl/N-ethyl adjacent to an activating group) is 2. The lowest BCUT2D eigenvalue weighted by molar-refractivity contribution is 0.277. The summed E-state index contributed by atoms with van der Waals surface area (Å²) in [4.78, 5) is 4.75. The third-order valence-corrected chi connectivity index (χ3v) is 3.98. The van der Waals surface area contributed by atoms with Crippen LogP contribution in [-0.2, 0) is 12.8 Å². The van der Waals surface area contributed by atoms with Crippen molar-refractivity contribution in [2.45, 2.75) is 39.7 Å². The first-order valence-electron chi connectivity index (χ1n) is 7.49. The molecule has 0 unspecified atom stereocenters. The van der Waals surface area contributed by atoms with Gasteiger partial charge < -0.3 is 9.80 Å². The molecule has 0 aliphatic heterocycles. The summed E-state index contributed by atoms with van der Waals surface area (Å²) in [6.45, 7) is 10.1. The van der Waals surface area contributed by atoms with Crippen LogP contribution < -0.4 is 0 Å². The van der Waals surface area contributed by atoms with Crippen LogP contribution in [0.15, 0.2) is 24.3 Å². The summed E-state index contributed by atoms with van der Waals surface area (Å²) < 4.78 is 0. The molecular weight excluding hydrogens is 232 g/mol. The summed E-state index contributed by atoms with van der Waals surface area (Å²) in [6, 6.07) is 9.77. The Hall–Kier alpha value is -0.860. The van der Waals surface area contributed by atoms with Crippen molar-refractivity contribution in [3.63, 3.8) is 0 Å². The van der Waals surface area contributed by atoms with Crippen molar-refractivity contribution in [3.8, 4) is 0 Å². The van der Waals surface area contributed by atoms with Crippen LogP contribution in [0.25, 0.3) is 0 Å². The molecule has 0 saturated carbocycles. The van der Waals surface area contributed by atoms with E-state index in [1.165, 1.54) is 11.1 Å². The van der Waals surface area contributed by atoms with Gasteiger partial charge in [-0.1, -0.05) is 31.2 Å². The number of benzene rings is 1. The minimum atomic E-state index is 0.629. The maximum Gasteiger partial charge on any atom is 0.00356 e. The van der Waals surface area contributed by atoms with Gasteiger partial charge in [0.15, 0.2) is 0 Å². The molecule has 0 saturated heterocycles. The fraction of sp³-hybridized carbons (Fsp3) is 0.647. The van der Waals surface area contributed by atoms with Gasteiger partial charge in [-0.15, -0.1) is 0 Å². The molecule has 1 aromatic rings. The number of nitrogens with zero attached hydrogens (tertiary/aromatic N) is 2. The van der Waals surface area contributed by atoms with Crippen LogP contribution in [0.3, 0.4) is 0 Å². The Labute approximate surface area is 119 Å². The number of rotatable bonds is 8. The summed E-state index contributed by atoms with van der Waals surface area (Å²) >= 11 is 0. The monoisotopic (exact) mass is 262 g/mol. The first kappa shape index (κ1) is 16.2. The largest absolute Gasteiger partial charge is 0.306 e. The van der Waals surface area contributed by atoms with Crippen LogP contribution in [0, 0.1) is 0 Å². The number of hydrogen-bond donors (Lipinski definition) is 0. The molecular formula is C17H30N2. The molecule has 0 bridgehead atoms. The molecule has 2 heteroatoms. The third-order valence-electron chi connectivity index (χ3n) is 3.98. The van der Waals surface area contributed by atoms with E-state index in [1.807, 2.05) is 0 Å². The first-order valence-corrected chi connectivity index (χ1v) is 7.49. The lowest BCUT2D eigenvalue weighted by Crippen LogP contribution is -2.28. The van der Waals surface area contributed by atoms with Gasteiger partial charge in [-0.25, -0.2) is 0 Å². The summed E-state index contributed by atoms with van der Waals surface area (Å²) in [7, 11) is 4.37. The second-order valence-corrected chi connectivity index (χ2v) is 5.79. The van der Waals surface area contributed by atoms with E-state index in [1.54, 1.807) is 0 Å². The van der Waals surface area contributed by atoms with Crippen LogP contribution in [-0.4, -0.2) is 49.6 Å². The summed E-state index contributed by atoms with van der Waals surface area (Å²) in [5.74, 6) is 0. The minimum Gasteiger partial charge on any atom is -0.306 e. The predicted molar refractivity (Wildman–Crippen MR) is 84.8 cm³/mol. The Kier molecular flexibility index (Phi) is 7.11. The van der Waals surface area contributed by atoms with Crippen molar-refractivity contribution in [1.82, 2.24) is 9.80 Å². The molecule has 0 N–H and O–H groups in total. The molecule has 0 aliphatic carbocycles. The Morgan fingerprint density at radius 2 is 1.37 bits per heavy atom. The maximum atomic E-state index is 2.39. The fourth-order valence-electron chi connectivity index (χ4n) is 1.91. The molecule has 108 valence electrons. The molecule has 1 aromatic carbocycles. The molecule has 0 amide bonds. The van der Waals surface area contributed by atoms with E-state index in [9.17, 15) is 0 Å². The van der Waals surface area contributed by atoms with E-state index in [2.05, 4.69) is 68.9 Å². The van der Waals surface area contributed by atoms with Crippen molar-refractivity contribution >= 4 is 0 Å². The van der Waals surface area contributed by atoms with E-state index in [0.29, 0.717) is 6.04 Å². The lowest BCUT2D eigenvalue weighted by Gasteiger charge is -2.20. The standard InChI is InChI=1S/C17H30N2/c1-6-18(4)13-11-16-7-9-17(10-8-16)12-14-19(5)15(2)3/h7-10,15H,6,11-14H2,1-5H3. The number of hydrogen-bond acceptors (Lipinski definition) is 2. The van der Waals surface area contributed by atoms with Crippen molar-refractivity contribution in [2.24, 2.45) is 0 Å². The highest BCUT2D eigenvalue weighted by Crippen LogP contribution is 2.07. The smallest absolute Gasteiger partial charge is 0.00356 e. The topological polar surface area (TPSA) is 6.48 Å². The van der Waals surface area contributed by atoms with E-state index in [-0.39, 0.29) is 0 Å². The average Bonchev–Trinajstić information content (AvgIpc) is 2.42. The Bertz CT molecular complexity index is 343. The van der Waals surface area contributed by atoms with Gasteiger partial charge in [-0.05, 0) is 58.5 Å². The van der Waals surface area contributed by atoms with Crippen LogP contribution >= 0.6 is 0 Å². The zero-order valence-electron chi connectivity index (χ0n) is 13.3. The molecule has 2 nitrogen and oxygen atoms in total. The molecule has 0 fully saturated rings. The van der Waals surface area contributed by atoms with Crippen LogP contribution in [0.2, 0.25) is 0 Å². The van der Waals surface area contributed by atoms with Gasteiger partial charge in [0.25, 0.3) is 0 Å². The SMILES string of the molecule is CCN(C)CCc1ccc(CCN(C)C(C)C)cc1. The molecule has 0 heterocycles. The van der Waals surface area contributed by atoms with Gasteiger partial charge in [-0.2, -0.15) is 0 Å². The van der Waals surface area contributed by atoms with Gasteiger partial charge in [-0.3, -0.25) is 0 Å². The Balaban J connectivity index is 2.39. The molecule has 1 rings (SSSR count). The molecule has 0 aliphatic rings. The molecule has 0 aromatic heterocycles. The predicted octanol–water partition coefficient (Wildman–Crippen LogP) is 3.06. The third kappa shape index (κ3) is 6.22. The van der Waals surface area contributed by atoms with Crippen LogP contribution in [0.5, 0.6) is 0 Å². The zero-order chi connectivity index (χ0) is 14.3. The lowest BCUT2D eigenvalue weighted by atomic mass is 10.1. The first-order chi connectivity index (χ1) is 9.02. The van der Waals surface area contributed by atoms with Gasteiger partial charge in [0.1, 0.15) is 0 Å². The molecule has 0 atom stereocenters. The summed E-state index contributed by atoms with van der Waals surface area (Å²) in [6.07, 6.45) is 2.29. The van der Waals surface area contributed by atoms with Crippen molar-refractivity contribution in [1.29, 1.82) is 0 Å². The van der Waals surface area contributed by atoms with Crippen molar-refractivity contribution in [3.05, 3.63) is 35.4 Å². The van der Waals surface area contributed by atoms with E-state index in [0.717, 1.165) is 32.5 Å².